The van der Waals surface area contributed by atoms with Gasteiger partial charge in [-0.1, -0.05) is 0 Å². The van der Waals surface area contributed by atoms with E-state index in [1.165, 1.54) is 0 Å². The smallest absolute Gasteiger partial charge is 0.460 e. The van der Waals surface area contributed by atoms with Crippen molar-refractivity contribution in [3.63, 3.8) is 0 Å². The summed E-state index contributed by atoms with van der Waals surface area (Å²) in [7, 11) is -4.66. The van der Waals surface area contributed by atoms with Crippen LogP contribution in [0.25, 0.3) is 0 Å². The predicted molar refractivity (Wildman–Crippen MR) is 51.6 cm³/mol. The maximum atomic E-state index is 11.1. The molecular weight excluding hydrogens is 225 g/mol. The van der Waals surface area contributed by atoms with Gasteiger partial charge in [-0.15, -0.1) is 0 Å². The Morgan fingerprint density at radius 3 is 2.27 bits per heavy atom. The normalized spacial score (nSPS) is 14.8. The second kappa shape index (κ2) is 5.05. The van der Waals surface area contributed by atoms with Gasteiger partial charge in [-0.05, 0) is 20.8 Å². The quantitative estimate of drug-likeness (QED) is 0.363. The van der Waals surface area contributed by atoms with Gasteiger partial charge in [0.2, 0.25) is 0 Å². The Labute approximate surface area is 87.8 Å². The summed E-state index contributed by atoms with van der Waals surface area (Å²) in [6.45, 7) is 5.00. The van der Waals surface area contributed by atoms with Crippen LogP contribution in [-0.2, 0) is 18.6 Å². The van der Waals surface area contributed by atoms with Gasteiger partial charge in [0.25, 0.3) is 0 Å². The minimum Gasteiger partial charge on any atom is -0.460 e. The van der Waals surface area contributed by atoms with Crippen LogP contribution in [0.5, 0.6) is 0 Å². The molecular formula is C7H16NO6P. The van der Waals surface area contributed by atoms with Crippen molar-refractivity contribution in [1.29, 1.82) is 0 Å². The highest BCUT2D eigenvalue weighted by Gasteiger charge is 2.24. The van der Waals surface area contributed by atoms with E-state index in [4.69, 9.17) is 20.3 Å². The highest BCUT2D eigenvalue weighted by atomic mass is 31.2. The van der Waals surface area contributed by atoms with Crippen LogP contribution in [0.4, 0.5) is 0 Å². The molecule has 0 rings (SSSR count). The van der Waals surface area contributed by atoms with Crippen LogP contribution >= 0.6 is 7.82 Å². The molecule has 0 aromatic rings. The van der Waals surface area contributed by atoms with Gasteiger partial charge in [-0.25, -0.2) is 4.57 Å². The van der Waals surface area contributed by atoms with Crippen molar-refractivity contribution in [2.24, 2.45) is 5.73 Å². The molecule has 0 spiro atoms. The fourth-order valence-electron chi connectivity index (χ4n) is 0.761. The number of ether oxygens (including phenoxy) is 1. The Morgan fingerprint density at radius 2 is 1.93 bits per heavy atom. The van der Waals surface area contributed by atoms with E-state index in [0.29, 0.717) is 0 Å². The van der Waals surface area contributed by atoms with E-state index in [1.807, 2.05) is 0 Å². The third-order valence-electron chi connectivity index (χ3n) is 1.06. The fourth-order valence-corrected chi connectivity index (χ4v) is 1.19. The van der Waals surface area contributed by atoms with E-state index in [-0.39, 0.29) is 0 Å². The number of phosphoric ester groups is 1. The van der Waals surface area contributed by atoms with E-state index in [2.05, 4.69) is 4.52 Å². The lowest BCUT2D eigenvalue weighted by molar-refractivity contribution is -0.156. The third-order valence-corrected chi connectivity index (χ3v) is 1.61. The van der Waals surface area contributed by atoms with Crippen molar-refractivity contribution < 1.29 is 28.4 Å². The van der Waals surface area contributed by atoms with Crippen molar-refractivity contribution in [2.45, 2.75) is 39.0 Å². The lowest BCUT2D eigenvalue weighted by atomic mass is 10.2. The molecule has 0 aromatic heterocycles. The summed E-state index contributed by atoms with van der Waals surface area (Å²) in [6.07, 6.45) is -1.79. The van der Waals surface area contributed by atoms with Gasteiger partial charge in [0.15, 0.2) is 0 Å². The molecule has 0 aliphatic heterocycles. The average molecular weight is 241 g/mol. The summed E-state index contributed by atoms with van der Waals surface area (Å²) < 4.78 is 19.3. The number of rotatable bonds is 4. The van der Waals surface area contributed by atoms with Crippen molar-refractivity contribution in [2.75, 3.05) is 0 Å². The Hall–Kier alpha value is -0.460. The largest absolute Gasteiger partial charge is 0.471 e. The first-order valence-corrected chi connectivity index (χ1v) is 5.74. The van der Waals surface area contributed by atoms with Crippen LogP contribution in [0.15, 0.2) is 0 Å². The Kier molecular flexibility index (Phi) is 4.89. The van der Waals surface area contributed by atoms with Crippen LogP contribution in [0.1, 0.15) is 27.2 Å². The lowest BCUT2D eigenvalue weighted by Crippen LogP contribution is -2.31. The fraction of sp³-hybridized carbons (Fsp3) is 0.857. The molecule has 0 saturated carbocycles. The number of nitrogens with two attached hydrogens (primary N) is 1. The molecule has 7 nitrogen and oxygen atoms in total. The molecule has 1 unspecified atom stereocenters. The standard InChI is InChI=1S/C7H16NO6P/c1-7(2,3)13-6(9)4-5(8)14-15(10,11)12/h5H,4,8H2,1-3H3,(H2,10,11,12). The number of carbonyl (C=O) groups excluding carboxylic acids is 1. The first kappa shape index (κ1) is 14.5. The molecule has 0 heterocycles. The van der Waals surface area contributed by atoms with Crippen LogP contribution in [0.3, 0.4) is 0 Å². The summed E-state index contributed by atoms with van der Waals surface area (Å²) >= 11 is 0. The summed E-state index contributed by atoms with van der Waals surface area (Å²) in [5.74, 6) is -0.677. The van der Waals surface area contributed by atoms with Gasteiger partial charge in [0, 0.05) is 0 Å². The molecule has 1 atom stereocenters. The maximum absolute atomic E-state index is 11.1. The van der Waals surface area contributed by atoms with E-state index >= 15 is 0 Å². The molecule has 15 heavy (non-hydrogen) atoms. The minimum absolute atomic E-state index is 0.414. The third kappa shape index (κ3) is 9.84. The van der Waals surface area contributed by atoms with Gasteiger partial charge in [-0.2, -0.15) is 0 Å². The molecule has 0 amide bonds. The second-order valence-electron chi connectivity index (χ2n) is 3.93. The molecule has 0 aliphatic rings. The molecule has 0 radical (unpaired) electrons. The second-order valence-corrected chi connectivity index (χ2v) is 5.12. The summed E-state index contributed by atoms with van der Waals surface area (Å²) in [5, 5.41) is 0. The first-order valence-electron chi connectivity index (χ1n) is 4.21. The topological polar surface area (TPSA) is 119 Å². The Balaban J connectivity index is 4.03. The van der Waals surface area contributed by atoms with Crippen LogP contribution < -0.4 is 5.73 Å². The first-order chi connectivity index (χ1) is 6.49. The summed E-state index contributed by atoms with van der Waals surface area (Å²) in [4.78, 5) is 27.9. The molecule has 4 N–H and O–H groups in total. The average Bonchev–Trinajstić information content (AvgIpc) is 1.73. The molecule has 0 fully saturated rings. The molecule has 8 heteroatoms. The van der Waals surface area contributed by atoms with Gasteiger partial charge in [0.1, 0.15) is 11.8 Å². The van der Waals surface area contributed by atoms with Crippen LogP contribution in [0.2, 0.25) is 0 Å². The van der Waals surface area contributed by atoms with Gasteiger partial charge in [-0.3, -0.25) is 9.32 Å². The zero-order valence-electron chi connectivity index (χ0n) is 8.84. The molecule has 0 aliphatic carbocycles. The van der Waals surface area contributed by atoms with Crippen molar-refractivity contribution in [3.8, 4) is 0 Å². The number of hydrogen-bond donors (Lipinski definition) is 3. The number of esters is 1. The monoisotopic (exact) mass is 241 g/mol. The minimum atomic E-state index is -4.66. The molecule has 90 valence electrons. The highest BCUT2D eigenvalue weighted by molar-refractivity contribution is 7.46. The number of phosphoric acid groups is 1. The van der Waals surface area contributed by atoms with E-state index in [0.717, 1.165) is 0 Å². The molecule has 0 bridgehead atoms. The summed E-state index contributed by atoms with van der Waals surface area (Å²) in [6, 6.07) is 0. The molecule has 0 aromatic carbocycles. The van der Waals surface area contributed by atoms with Crippen molar-refractivity contribution in [1.82, 2.24) is 0 Å². The SMILES string of the molecule is CC(C)(C)OC(=O)CC(N)OP(=O)(O)O. The van der Waals surface area contributed by atoms with Crippen molar-refractivity contribution >= 4 is 13.8 Å². The van der Waals surface area contributed by atoms with E-state index in [1.54, 1.807) is 20.8 Å². The van der Waals surface area contributed by atoms with Gasteiger partial charge in [0.05, 0.1) is 6.42 Å². The van der Waals surface area contributed by atoms with Gasteiger partial charge >= 0.3 is 13.8 Å². The predicted octanol–water partition coefficient (Wildman–Crippen LogP) is 0.112. The number of carbonyl (C=O) groups is 1. The molecule has 0 saturated heterocycles. The van der Waals surface area contributed by atoms with Crippen LogP contribution in [-0.4, -0.2) is 27.6 Å². The zero-order valence-corrected chi connectivity index (χ0v) is 9.73. The van der Waals surface area contributed by atoms with E-state index < -0.39 is 32.0 Å². The van der Waals surface area contributed by atoms with Crippen LogP contribution in [0, 0.1) is 0 Å². The van der Waals surface area contributed by atoms with Gasteiger partial charge < -0.3 is 20.3 Å². The maximum Gasteiger partial charge on any atom is 0.471 e. The highest BCUT2D eigenvalue weighted by Crippen LogP contribution is 2.37. The lowest BCUT2D eigenvalue weighted by Gasteiger charge is -2.20. The zero-order chi connectivity index (χ0) is 12.3. The summed E-state index contributed by atoms with van der Waals surface area (Å²) in [5.41, 5.74) is 4.50. The van der Waals surface area contributed by atoms with E-state index in [9.17, 15) is 9.36 Å². The van der Waals surface area contributed by atoms with Crippen molar-refractivity contribution in [3.05, 3.63) is 0 Å². The number of hydrogen-bond acceptors (Lipinski definition) is 5. The Bertz CT molecular complexity index is 267. The Morgan fingerprint density at radius 1 is 1.47 bits per heavy atom.